The summed E-state index contributed by atoms with van der Waals surface area (Å²) in [5, 5.41) is 16.8. The Kier molecular flexibility index (Phi) is 4.35. The SMILES string of the molecule is O=C(Cn1cc(Cl)c([N+](=O)[O-])n1)Nc1cccc(Br)c1. The number of hydrogen-bond donors (Lipinski definition) is 1. The highest BCUT2D eigenvalue weighted by Gasteiger charge is 2.20. The monoisotopic (exact) mass is 358 g/mol. The molecule has 1 amide bonds. The highest BCUT2D eigenvalue weighted by Crippen LogP contribution is 2.21. The van der Waals surface area contributed by atoms with Gasteiger partial charge in [-0.1, -0.05) is 33.6 Å². The molecule has 2 rings (SSSR count). The van der Waals surface area contributed by atoms with Crippen molar-refractivity contribution in [2.75, 3.05) is 5.32 Å². The number of anilines is 1. The molecule has 0 saturated heterocycles. The third-order valence-corrected chi connectivity index (χ3v) is 3.05. The Morgan fingerprint density at radius 2 is 2.30 bits per heavy atom. The minimum Gasteiger partial charge on any atom is -0.358 e. The predicted octanol–water partition coefficient (Wildman–Crippen LogP) is 2.85. The predicted molar refractivity (Wildman–Crippen MR) is 76.7 cm³/mol. The Morgan fingerprint density at radius 3 is 2.90 bits per heavy atom. The van der Waals surface area contributed by atoms with Crippen molar-refractivity contribution in [2.45, 2.75) is 6.54 Å². The lowest BCUT2D eigenvalue weighted by molar-refractivity contribution is -0.389. The molecule has 1 heterocycles. The van der Waals surface area contributed by atoms with Gasteiger partial charge in [0.1, 0.15) is 6.54 Å². The van der Waals surface area contributed by atoms with Crippen molar-refractivity contribution in [2.24, 2.45) is 0 Å². The summed E-state index contributed by atoms with van der Waals surface area (Å²) in [4.78, 5) is 21.7. The molecule has 9 heteroatoms. The number of benzene rings is 1. The first kappa shape index (κ1) is 14.5. The molecular weight excluding hydrogens is 352 g/mol. The molecule has 0 atom stereocenters. The van der Waals surface area contributed by atoms with Crippen LogP contribution in [0.1, 0.15) is 0 Å². The Bertz CT molecular complexity index is 673. The standard InChI is InChI=1S/C11H8BrClN4O3/c12-7-2-1-3-8(4-7)14-10(18)6-16-5-9(13)11(15-16)17(19)20/h1-5H,6H2,(H,14,18). The molecule has 1 aromatic carbocycles. The molecule has 1 N–H and O–H groups in total. The van der Waals surface area contributed by atoms with E-state index in [1.54, 1.807) is 18.2 Å². The zero-order chi connectivity index (χ0) is 14.7. The van der Waals surface area contributed by atoms with Crippen LogP contribution >= 0.6 is 27.5 Å². The van der Waals surface area contributed by atoms with E-state index in [4.69, 9.17) is 11.6 Å². The van der Waals surface area contributed by atoms with Crippen LogP contribution in [-0.4, -0.2) is 20.6 Å². The lowest BCUT2D eigenvalue weighted by Crippen LogP contribution is -2.19. The zero-order valence-electron chi connectivity index (χ0n) is 9.92. The van der Waals surface area contributed by atoms with Crippen LogP contribution in [0, 0.1) is 10.1 Å². The summed E-state index contributed by atoms with van der Waals surface area (Å²) in [7, 11) is 0. The molecule has 0 radical (unpaired) electrons. The van der Waals surface area contributed by atoms with E-state index in [2.05, 4.69) is 26.3 Å². The summed E-state index contributed by atoms with van der Waals surface area (Å²) < 4.78 is 1.95. The van der Waals surface area contributed by atoms with Gasteiger partial charge in [-0.2, -0.15) is 4.68 Å². The Labute approximate surface area is 126 Å². The van der Waals surface area contributed by atoms with Gasteiger partial charge in [-0.25, -0.2) is 0 Å². The summed E-state index contributed by atoms with van der Waals surface area (Å²) >= 11 is 8.93. The van der Waals surface area contributed by atoms with Gasteiger partial charge in [0.2, 0.25) is 5.91 Å². The Hall–Kier alpha value is -1.93. The first-order valence-corrected chi connectivity index (χ1v) is 6.55. The molecule has 0 bridgehead atoms. The highest BCUT2D eigenvalue weighted by molar-refractivity contribution is 9.10. The quantitative estimate of drug-likeness (QED) is 0.671. The smallest absolute Gasteiger partial charge is 0.358 e. The summed E-state index contributed by atoms with van der Waals surface area (Å²) in [6.07, 6.45) is 1.24. The van der Waals surface area contributed by atoms with Crippen molar-refractivity contribution in [3.8, 4) is 0 Å². The number of carbonyl (C=O) groups excluding carboxylic acids is 1. The summed E-state index contributed by atoms with van der Waals surface area (Å²) in [6, 6.07) is 7.05. The first-order chi connectivity index (χ1) is 9.45. The number of nitro groups is 1. The van der Waals surface area contributed by atoms with Crippen molar-refractivity contribution >= 4 is 44.9 Å². The van der Waals surface area contributed by atoms with E-state index in [9.17, 15) is 14.9 Å². The van der Waals surface area contributed by atoms with Gasteiger partial charge in [0.25, 0.3) is 0 Å². The number of nitrogens with zero attached hydrogens (tertiary/aromatic N) is 3. The maximum atomic E-state index is 11.8. The van der Waals surface area contributed by atoms with E-state index >= 15 is 0 Å². The summed E-state index contributed by atoms with van der Waals surface area (Å²) in [6.45, 7) is -0.167. The van der Waals surface area contributed by atoms with Crippen LogP contribution in [0.4, 0.5) is 11.5 Å². The average molecular weight is 360 g/mol. The van der Waals surface area contributed by atoms with Gasteiger partial charge in [-0.3, -0.25) is 4.79 Å². The number of amides is 1. The van der Waals surface area contributed by atoms with Crippen LogP contribution in [-0.2, 0) is 11.3 Å². The maximum Gasteiger partial charge on any atom is 0.408 e. The second kappa shape index (κ2) is 6.02. The van der Waals surface area contributed by atoms with Gasteiger partial charge >= 0.3 is 5.82 Å². The van der Waals surface area contributed by atoms with Gasteiger partial charge in [0.15, 0.2) is 5.02 Å². The third-order valence-electron chi connectivity index (χ3n) is 2.29. The van der Waals surface area contributed by atoms with E-state index in [1.165, 1.54) is 6.20 Å². The average Bonchev–Trinajstić information content (AvgIpc) is 2.70. The molecule has 20 heavy (non-hydrogen) atoms. The van der Waals surface area contributed by atoms with Crippen molar-refractivity contribution in [3.05, 3.63) is 50.1 Å². The van der Waals surface area contributed by atoms with Gasteiger partial charge in [0.05, 0.1) is 11.3 Å². The molecular formula is C11H8BrClN4O3. The van der Waals surface area contributed by atoms with Crippen LogP contribution in [0.2, 0.25) is 5.02 Å². The normalized spacial score (nSPS) is 10.3. The fraction of sp³-hybridized carbons (Fsp3) is 0.0909. The molecule has 2 aromatic rings. The van der Waals surface area contributed by atoms with Crippen molar-refractivity contribution < 1.29 is 9.72 Å². The minimum absolute atomic E-state index is 0.106. The molecule has 7 nitrogen and oxygen atoms in total. The Balaban J connectivity index is 2.05. The van der Waals surface area contributed by atoms with E-state index in [-0.39, 0.29) is 17.5 Å². The highest BCUT2D eigenvalue weighted by atomic mass is 79.9. The largest absolute Gasteiger partial charge is 0.408 e. The molecule has 0 spiro atoms. The molecule has 0 unspecified atom stereocenters. The van der Waals surface area contributed by atoms with Crippen molar-refractivity contribution in [3.63, 3.8) is 0 Å². The van der Waals surface area contributed by atoms with Gasteiger partial charge in [0, 0.05) is 10.2 Å². The molecule has 0 aliphatic carbocycles. The van der Waals surface area contributed by atoms with Crippen molar-refractivity contribution in [1.82, 2.24) is 9.78 Å². The summed E-state index contributed by atoms with van der Waals surface area (Å²) in [5.41, 5.74) is 0.608. The zero-order valence-corrected chi connectivity index (χ0v) is 12.3. The number of nitrogens with one attached hydrogen (secondary N) is 1. The molecule has 0 aliphatic heterocycles. The van der Waals surface area contributed by atoms with Crippen LogP contribution < -0.4 is 5.32 Å². The number of rotatable bonds is 4. The third kappa shape index (κ3) is 3.55. The molecule has 0 aliphatic rings. The number of carbonyl (C=O) groups is 1. The van der Waals surface area contributed by atoms with Gasteiger partial charge in [-0.05, 0) is 23.1 Å². The van der Waals surface area contributed by atoms with E-state index in [1.807, 2.05) is 6.07 Å². The van der Waals surface area contributed by atoms with E-state index in [0.29, 0.717) is 5.69 Å². The minimum atomic E-state index is -0.703. The Morgan fingerprint density at radius 1 is 1.55 bits per heavy atom. The lowest BCUT2D eigenvalue weighted by atomic mass is 10.3. The van der Waals surface area contributed by atoms with Gasteiger partial charge < -0.3 is 15.4 Å². The lowest BCUT2D eigenvalue weighted by Gasteiger charge is -2.04. The van der Waals surface area contributed by atoms with E-state index in [0.717, 1.165) is 9.15 Å². The summed E-state index contributed by atoms with van der Waals surface area (Å²) in [5.74, 6) is -0.834. The molecule has 0 saturated carbocycles. The molecule has 104 valence electrons. The fourth-order valence-electron chi connectivity index (χ4n) is 1.51. The molecule has 1 aromatic heterocycles. The van der Waals surface area contributed by atoms with Crippen LogP contribution in [0.15, 0.2) is 34.9 Å². The number of halogens is 2. The first-order valence-electron chi connectivity index (χ1n) is 5.38. The fourth-order valence-corrected chi connectivity index (χ4v) is 2.12. The molecule has 0 fully saturated rings. The van der Waals surface area contributed by atoms with E-state index < -0.39 is 10.7 Å². The second-order valence-corrected chi connectivity index (χ2v) is 5.14. The van der Waals surface area contributed by atoms with Crippen LogP contribution in [0.25, 0.3) is 0 Å². The number of aromatic nitrogens is 2. The maximum absolute atomic E-state index is 11.8. The topological polar surface area (TPSA) is 90.1 Å². The number of hydrogen-bond acceptors (Lipinski definition) is 4. The van der Waals surface area contributed by atoms with Crippen LogP contribution in [0.3, 0.4) is 0 Å². The van der Waals surface area contributed by atoms with Crippen LogP contribution in [0.5, 0.6) is 0 Å². The van der Waals surface area contributed by atoms with Gasteiger partial charge in [-0.15, -0.1) is 0 Å². The van der Waals surface area contributed by atoms with Crippen molar-refractivity contribution in [1.29, 1.82) is 0 Å². The second-order valence-electron chi connectivity index (χ2n) is 3.81.